The normalized spacial score (nSPS) is 10.8. The van der Waals surface area contributed by atoms with Crippen LogP contribution >= 0.6 is 0 Å². The minimum absolute atomic E-state index is 0.0315. The molecule has 0 fully saturated rings. The molecule has 0 saturated carbocycles. The Hall–Kier alpha value is -4.13. The Morgan fingerprint density at radius 2 is 1.69 bits per heavy atom. The van der Waals surface area contributed by atoms with Crippen molar-refractivity contribution in [2.75, 3.05) is 19.4 Å². The number of nitrogen functional groups attached to an aromatic ring is 1. The molecule has 2 aromatic heterocycles. The molecule has 0 atom stereocenters. The van der Waals surface area contributed by atoms with Gasteiger partial charge in [0.05, 0.1) is 7.11 Å². The fourth-order valence-electron chi connectivity index (χ4n) is 3.68. The van der Waals surface area contributed by atoms with Crippen LogP contribution in [0, 0.1) is 0 Å². The van der Waals surface area contributed by atoms with Gasteiger partial charge in [-0.15, -0.1) is 0 Å². The Bertz CT molecular complexity index is 1120. The average Bonchev–Trinajstić information content (AvgIpc) is 3.24. The Morgan fingerprint density at radius 1 is 1.03 bits per heavy atom. The SMILES string of the molecule is COc1ccc(-c2noc(N)c2C(=O)NCCC(c2ccccc2)c2ccccc2)cn1. The fraction of sp³-hybridized carbons (Fsp3) is 0.160. The van der Waals surface area contributed by atoms with Crippen molar-refractivity contribution in [2.24, 2.45) is 0 Å². The number of anilines is 1. The van der Waals surface area contributed by atoms with Crippen LogP contribution in [0.2, 0.25) is 0 Å². The fourth-order valence-corrected chi connectivity index (χ4v) is 3.68. The summed E-state index contributed by atoms with van der Waals surface area (Å²) in [6, 6.07) is 23.9. The number of benzene rings is 2. The van der Waals surface area contributed by atoms with Gasteiger partial charge < -0.3 is 20.3 Å². The summed E-state index contributed by atoms with van der Waals surface area (Å²) >= 11 is 0. The molecule has 2 heterocycles. The summed E-state index contributed by atoms with van der Waals surface area (Å²) in [6.45, 7) is 0.457. The van der Waals surface area contributed by atoms with Crippen molar-refractivity contribution in [2.45, 2.75) is 12.3 Å². The maximum Gasteiger partial charge on any atom is 0.259 e. The van der Waals surface area contributed by atoms with Crippen molar-refractivity contribution in [3.63, 3.8) is 0 Å². The van der Waals surface area contributed by atoms with Gasteiger partial charge in [0.15, 0.2) is 0 Å². The van der Waals surface area contributed by atoms with Gasteiger partial charge in [-0.25, -0.2) is 4.98 Å². The molecule has 7 nitrogen and oxygen atoms in total. The molecule has 0 aliphatic carbocycles. The van der Waals surface area contributed by atoms with E-state index in [2.05, 4.69) is 39.7 Å². The van der Waals surface area contributed by atoms with E-state index >= 15 is 0 Å². The lowest BCUT2D eigenvalue weighted by Crippen LogP contribution is -2.26. The largest absolute Gasteiger partial charge is 0.481 e. The quantitative estimate of drug-likeness (QED) is 0.434. The molecule has 3 N–H and O–H groups in total. The van der Waals surface area contributed by atoms with Gasteiger partial charge in [-0.1, -0.05) is 65.8 Å². The van der Waals surface area contributed by atoms with Gasteiger partial charge in [-0.3, -0.25) is 4.79 Å². The maximum atomic E-state index is 13.0. The standard InChI is InChI=1S/C25H24N4O3/c1-31-21-13-12-19(16-28-21)23-22(24(26)32-29-23)25(30)27-15-14-20(17-8-4-2-5-9-17)18-10-6-3-7-11-18/h2-13,16,20H,14-15,26H2,1H3,(H,27,30). The summed E-state index contributed by atoms with van der Waals surface area (Å²) in [7, 11) is 1.53. The minimum Gasteiger partial charge on any atom is -0.481 e. The third-order valence-corrected chi connectivity index (χ3v) is 5.29. The molecule has 0 bridgehead atoms. The first-order valence-electron chi connectivity index (χ1n) is 10.3. The number of ether oxygens (including phenoxy) is 1. The number of pyridine rings is 1. The predicted molar refractivity (Wildman–Crippen MR) is 122 cm³/mol. The number of carbonyl (C=O) groups excluding carboxylic acids is 1. The number of nitrogens with two attached hydrogens (primary N) is 1. The van der Waals surface area contributed by atoms with E-state index in [9.17, 15) is 4.79 Å². The molecule has 162 valence electrons. The molecule has 2 aromatic carbocycles. The van der Waals surface area contributed by atoms with Crippen molar-refractivity contribution in [3.8, 4) is 17.1 Å². The van der Waals surface area contributed by atoms with Gasteiger partial charge in [0, 0.05) is 30.3 Å². The molecule has 0 unspecified atom stereocenters. The van der Waals surface area contributed by atoms with Gasteiger partial charge in [0.1, 0.15) is 11.3 Å². The lowest BCUT2D eigenvalue weighted by molar-refractivity contribution is 0.0954. The number of rotatable bonds is 8. The zero-order valence-corrected chi connectivity index (χ0v) is 17.7. The zero-order chi connectivity index (χ0) is 22.3. The first kappa shape index (κ1) is 21.1. The highest BCUT2D eigenvalue weighted by molar-refractivity contribution is 6.03. The van der Waals surface area contributed by atoms with E-state index < -0.39 is 0 Å². The van der Waals surface area contributed by atoms with E-state index in [0.717, 1.165) is 6.42 Å². The van der Waals surface area contributed by atoms with Crippen LogP contribution in [0.15, 0.2) is 83.5 Å². The zero-order valence-electron chi connectivity index (χ0n) is 17.7. The van der Waals surface area contributed by atoms with Crippen molar-refractivity contribution >= 4 is 11.8 Å². The monoisotopic (exact) mass is 428 g/mol. The summed E-state index contributed by atoms with van der Waals surface area (Å²) in [4.78, 5) is 17.1. The van der Waals surface area contributed by atoms with Gasteiger partial charge in [0.2, 0.25) is 11.8 Å². The molecule has 0 radical (unpaired) electrons. The van der Waals surface area contributed by atoms with E-state index in [-0.39, 0.29) is 23.3 Å². The number of hydrogen-bond acceptors (Lipinski definition) is 6. The number of nitrogens with zero attached hydrogens (tertiary/aromatic N) is 2. The Morgan fingerprint density at radius 3 is 2.25 bits per heavy atom. The highest BCUT2D eigenvalue weighted by Gasteiger charge is 2.23. The molecule has 0 spiro atoms. The van der Waals surface area contributed by atoms with E-state index in [1.807, 2.05) is 36.4 Å². The second-order valence-corrected chi connectivity index (χ2v) is 7.28. The number of methoxy groups -OCH3 is 1. The smallest absolute Gasteiger partial charge is 0.259 e. The number of hydrogen-bond donors (Lipinski definition) is 2. The van der Waals surface area contributed by atoms with Gasteiger partial charge in [-0.05, 0) is 23.6 Å². The molecular formula is C25H24N4O3. The summed E-state index contributed by atoms with van der Waals surface area (Å²) < 4.78 is 10.2. The minimum atomic E-state index is -0.338. The number of amides is 1. The molecule has 0 aliphatic heterocycles. The lowest BCUT2D eigenvalue weighted by atomic mass is 9.88. The molecule has 4 rings (SSSR count). The number of nitrogens with one attached hydrogen (secondary N) is 1. The summed E-state index contributed by atoms with van der Waals surface area (Å²) in [6.07, 6.45) is 2.29. The Labute approximate surface area is 186 Å². The van der Waals surface area contributed by atoms with Gasteiger partial charge in [-0.2, -0.15) is 0 Å². The number of carbonyl (C=O) groups is 1. The summed E-state index contributed by atoms with van der Waals surface area (Å²) in [5.74, 6) is 0.247. The first-order valence-corrected chi connectivity index (χ1v) is 10.3. The highest BCUT2D eigenvalue weighted by atomic mass is 16.5. The van der Waals surface area contributed by atoms with Crippen LogP contribution < -0.4 is 15.8 Å². The van der Waals surface area contributed by atoms with E-state index in [1.54, 1.807) is 18.3 Å². The van der Waals surface area contributed by atoms with Crippen LogP contribution in [-0.4, -0.2) is 29.7 Å². The van der Waals surface area contributed by atoms with Gasteiger partial charge in [0.25, 0.3) is 5.91 Å². The van der Waals surface area contributed by atoms with Crippen molar-refractivity contribution in [1.82, 2.24) is 15.5 Å². The van der Waals surface area contributed by atoms with E-state index in [0.29, 0.717) is 23.7 Å². The topological polar surface area (TPSA) is 103 Å². The Balaban J connectivity index is 1.49. The van der Waals surface area contributed by atoms with Crippen LogP contribution in [-0.2, 0) is 0 Å². The molecule has 0 aliphatic rings. The van der Waals surface area contributed by atoms with Crippen LogP contribution in [0.1, 0.15) is 33.8 Å². The van der Waals surface area contributed by atoms with Gasteiger partial charge >= 0.3 is 0 Å². The molecule has 0 saturated heterocycles. The molecule has 4 aromatic rings. The highest BCUT2D eigenvalue weighted by Crippen LogP contribution is 2.29. The molecule has 1 amide bonds. The Kier molecular flexibility index (Phi) is 6.46. The van der Waals surface area contributed by atoms with E-state index in [1.165, 1.54) is 18.2 Å². The first-order chi connectivity index (χ1) is 15.7. The third-order valence-electron chi connectivity index (χ3n) is 5.29. The van der Waals surface area contributed by atoms with Crippen molar-refractivity contribution in [1.29, 1.82) is 0 Å². The second-order valence-electron chi connectivity index (χ2n) is 7.28. The average molecular weight is 428 g/mol. The van der Waals surface area contributed by atoms with Crippen LogP contribution in [0.3, 0.4) is 0 Å². The summed E-state index contributed by atoms with van der Waals surface area (Å²) in [5.41, 5.74) is 9.47. The molecule has 7 heteroatoms. The number of aromatic nitrogens is 2. The molecule has 32 heavy (non-hydrogen) atoms. The van der Waals surface area contributed by atoms with Crippen LogP contribution in [0.4, 0.5) is 5.88 Å². The van der Waals surface area contributed by atoms with E-state index in [4.69, 9.17) is 15.0 Å². The summed E-state index contributed by atoms with van der Waals surface area (Å²) in [5, 5.41) is 6.92. The maximum absolute atomic E-state index is 13.0. The predicted octanol–water partition coefficient (Wildman–Crippen LogP) is 4.28. The molecular weight excluding hydrogens is 404 g/mol. The lowest BCUT2D eigenvalue weighted by Gasteiger charge is -2.18. The van der Waals surface area contributed by atoms with Crippen molar-refractivity contribution in [3.05, 3.63) is 95.7 Å². The second kappa shape index (κ2) is 9.78. The van der Waals surface area contributed by atoms with Crippen molar-refractivity contribution < 1.29 is 14.1 Å². The van der Waals surface area contributed by atoms with Crippen LogP contribution in [0.5, 0.6) is 5.88 Å². The van der Waals surface area contributed by atoms with Crippen LogP contribution in [0.25, 0.3) is 11.3 Å². The third kappa shape index (κ3) is 4.62.